The summed E-state index contributed by atoms with van der Waals surface area (Å²) in [5.41, 5.74) is 1.54. The van der Waals surface area contributed by atoms with Crippen LogP contribution in [0.25, 0.3) is 6.08 Å². The van der Waals surface area contributed by atoms with E-state index in [1.54, 1.807) is 12.1 Å². The molecule has 0 aliphatic carbocycles. The van der Waals surface area contributed by atoms with Crippen molar-refractivity contribution >= 4 is 39.3 Å². The molecule has 2 aliphatic rings. The van der Waals surface area contributed by atoms with E-state index in [1.807, 2.05) is 44.3 Å². The van der Waals surface area contributed by atoms with Crippen molar-refractivity contribution in [2.45, 2.75) is 30.2 Å². The molecule has 1 aromatic heterocycles. The number of nitrogens with zero attached hydrogens (tertiary/aromatic N) is 3. The van der Waals surface area contributed by atoms with E-state index in [4.69, 9.17) is 26.3 Å². The molecule has 10 heteroatoms. The predicted molar refractivity (Wildman–Crippen MR) is 136 cm³/mol. The van der Waals surface area contributed by atoms with Crippen molar-refractivity contribution in [2.75, 3.05) is 55.9 Å². The van der Waals surface area contributed by atoms with Gasteiger partial charge in [0.2, 0.25) is 5.95 Å². The summed E-state index contributed by atoms with van der Waals surface area (Å²) in [4.78, 5) is 12.0. The van der Waals surface area contributed by atoms with E-state index in [9.17, 15) is 8.42 Å². The Kier molecular flexibility index (Phi) is 7.77. The van der Waals surface area contributed by atoms with E-state index in [-0.39, 0.29) is 16.5 Å². The maximum Gasteiger partial charge on any atom is 0.228 e. The third-order valence-electron chi connectivity index (χ3n) is 6.07. The first-order chi connectivity index (χ1) is 16.3. The van der Waals surface area contributed by atoms with Gasteiger partial charge in [-0.1, -0.05) is 24.3 Å². The van der Waals surface area contributed by atoms with Crippen LogP contribution in [0.15, 0.2) is 41.3 Å². The summed E-state index contributed by atoms with van der Waals surface area (Å²) in [6, 6.07) is 9.09. The summed E-state index contributed by atoms with van der Waals surface area (Å²) >= 11 is 6.13. The lowest BCUT2D eigenvalue weighted by Crippen LogP contribution is -2.53. The van der Waals surface area contributed by atoms with Crippen LogP contribution in [0.2, 0.25) is 0 Å². The Morgan fingerprint density at radius 3 is 2.76 bits per heavy atom. The molecular weight excluding hydrogens is 474 g/mol. The zero-order chi connectivity index (χ0) is 24.2. The number of hydrogen-bond donors (Lipinski definition) is 2. The van der Waals surface area contributed by atoms with Gasteiger partial charge in [-0.25, -0.2) is 13.4 Å². The minimum atomic E-state index is -3.29. The monoisotopic (exact) mass is 505 g/mol. The number of rotatable bonds is 8. The van der Waals surface area contributed by atoms with Crippen molar-refractivity contribution in [1.29, 1.82) is 0 Å². The van der Waals surface area contributed by atoms with Crippen molar-refractivity contribution in [3.05, 3.63) is 47.7 Å². The van der Waals surface area contributed by atoms with Gasteiger partial charge < -0.3 is 20.3 Å². The maximum atomic E-state index is 12.7. The fourth-order valence-electron chi connectivity index (χ4n) is 4.26. The van der Waals surface area contributed by atoms with Crippen LogP contribution >= 0.6 is 11.6 Å². The third kappa shape index (κ3) is 5.89. The second-order valence-corrected chi connectivity index (χ2v) is 11.9. The highest BCUT2D eigenvalue weighted by Crippen LogP contribution is 2.28. The molecule has 1 aromatic carbocycles. The van der Waals surface area contributed by atoms with E-state index in [0.717, 1.165) is 30.2 Å². The molecule has 8 nitrogen and oxygen atoms in total. The quantitative estimate of drug-likeness (QED) is 0.529. The number of alkyl halides is 1. The fourth-order valence-corrected chi connectivity index (χ4v) is 5.88. The molecule has 1 fully saturated rings. The fraction of sp³-hybridized carbons (Fsp3) is 0.500. The van der Waals surface area contributed by atoms with Gasteiger partial charge in [-0.3, -0.25) is 0 Å². The Hall–Kier alpha value is -2.20. The highest BCUT2D eigenvalue weighted by atomic mass is 35.5. The molecule has 2 aliphatic heterocycles. The molecule has 0 saturated carbocycles. The lowest BCUT2D eigenvalue weighted by molar-refractivity contribution is -0.101. The number of sulfone groups is 1. The number of aromatic nitrogens is 2. The molecule has 4 rings (SSSR count). The average Bonchev–Trinajstić information content (AvgIpc) is 2.77. The van der Waals surface area contributed by atoms with Crippen LogP contribution in [0.4, 0.5) is 11.8 Å². The van der Waals surface area contributed by atoms with Crippen molar-refractivity contribution < 1.29 is 13.2 Å². The van der Waals surface area contributed by atoms with Crippen LogP contribution in [0.5, 0.6) is 0 Å². The predicted octanol–water partition coefficient (Wildman–Crippen LogP) is 2.95. The first-order valence-electron chi connectivity index (χ1n) is 11.5. The Bertz CT molecular complexity index is 1140. The van der Waals surface area contributed by atoms with Gasteiger partial charge >= 0.3 is 0 Å². The molecule has 0 amide bonds. The molecule has 34 heavy (non-hydrogen) atoms. The van der Waals surface area contributed by atoms with E-state index in [2.05, 4.69) is 15.5 Å². The lowest BCUT2D eigenvalue weighted by Gasteiger charge is -2.41. The average molecular weight is 506 g/mol. The second kappa shape index (κ2) is 10.6. The van der Waals surface area contributed by atoms with Gasteiger partial charge in [0.25, 0.3) is 0 Å². The molecule has 2 N–H and O–H groups in total. The van der Waals surface area contributed by atoms with Gasteiger partial charge in [-0.2, -0.15) is 4.98 Å². The summed E-state index contributed by atoms with van der Waals surface area (Å²) in [6.45, 7) is 5.84. The SMILES string of the molecule is CNCC1(CNc2cc(/C=C\C(C)Cl)nc(N3CCCS(=O)(=O)c4ccccc4C3)n2)COC1. The van der Waals surface area contributed by atoms with Crippen LogP contribution in [-0.2, 0) is 21.1 Å². The largest absolute Gasteiger partial charge is 0.380 e. The van der Waals surface area contributed by atoms with Gasteiger partial charge in [-0.05, 0) is 38.1 Å². The summed E-state index contributed by atoms with van der Waals surface area (Å²) < 4.78 is 30.9. The number of benzene rings is 1. The number of ether oxygens (including phenoxy) is 1. The number of nitrogens with one attached hydrogen (secondary N) is 2. The summed E-state index contributed by atoms with van der Waals surface area (Å²) in [6.07, 6.45) is 4.28. The van der Waals surface area contributed by atoms with Crippen LogP contribution in [0, 0.1) is 5.41 Å². The minimum Gasteiger partial charge on any atom is -0.380 e. The zero-order valence-corrected chi connectivity index (χ0v) is 21.2. The van der Waals surface area contributed by atoms with Crippen LogP contribution in [0.1, 0.15) is 24.6 Å². The zero-order valence-electron chi connectivity index (χ0n) is 19.6. The third-order valence-corrected chi connectivity index (χ3v) is 8.11. The van der Waals surface area contributed by atoms with E-state index >= 15 is 0 Å². The minimum absolute atomic E-state index is 0.0361. The van der Waals surface area contributed by atoms with Gasteiger partial charge in [-0.15, -0.1) is 11.6 Å². The highest BCUT2D eigenvalue weighted by Gasteiger charge is 2.38. The summed E-state index contributed by atoms with van der Waals surface area (Å²) in [5.74, 6) is 1.38. The Labute approximate surface area is 206 Å². The molecule has 184 valence electrons. The topological polar surface area (TPSA) is 96.5 Å². The van der Waals surface area contributed by atoms with Crippen molar-refractivity contribution in [1.82, 2.24) is 15.3 Å². The summed E-state index contributed by atoms with van der Waals surface area (Å²) in [5, 5.41) is 6.60. The number of anilines is 2. The molecule has 1 atom stereocenters. The standard InChI is InChI=1S/C24H32ClN5O3S/c1-18(25)8-9-20-12-22(27-15-24(14-26-2)16-33-17-24)29-23(28-20)30-10-5-11-34(31,32)21-7-4-3-6-19(21)13-30/h3-4,6-9,12,18,26H,5,10-11,13-17H2,1-2H3,(H,27,28,29)/b9-8-. The Morgan fingerprint density at radius 1 is 1.26 bits per heavy atom. The second-order valence-electron chi connectivity index (χ2n) is 9.09. The van der Waals surface area contributed by atoms with Crippen LogP contribution < -0.4 is 15.5 Å². The van der Waals surface area contributed by atoms with Crippen molar-refractivity contribution in [3.63, 3.8) is 0 Å². The van der Waals surface area contributed by atoms with Gasteiger partial charge in [0, 0.05) is 43.0 Å². The number of halogens is 1. The molecule has 0 spiro atoms. The maximum absolute atomic E-state index is 12.7. The van der Waals surface area contributed by atoms with E-state index in [0.29, 0.717) is 43.6 Å². The van der Waals surface area contributed by atoms with E-state index < -0.39 is 9.84 Å². The van der Waals surface area contributed by atoms with Crippen LogP contribution in [-0.4, -0.2) is 69.4 Å². The molecule has 3 heterocycles. The first kappa shape index (κ1) is 24.9. The molecular formula is C24H32ClN5O3S. The van der Waals surface area contributed by atoms with Crippen LogP contribution in [0.3, 0.4) is 0 Å². The Morgan fingerprint density at radius 2 is 2.06 bits per heavy atom. The molecule has 1 saturated heterocycles. The number of fused-ring (bicyclic) bond motifs is 1. The smallest absolute Gasteiger partial charge is 0.228 e. The van der Waals surface area contributed by atoms with Crippen molar-refractivity contribution in [3.8, 4) is 0 Å². The number of allylic oxidation sites excluding steroid dienone is 1. The van der Waals surface area contributed by atoms with Gasteiger partial charge in [0.1, 0.15) is 5.82 Å². The highest BCUT2D eigenvalue weighted by molar-refractivity contribution is 7.91. The molecule has 2 aromatic rings. The molecule has 0 bridgehead atoms. The summed E-state index contributed by atoms with van der Waals surface area (Å²) in [7, 11) is -1.35. The normalized spacial score (nSPS) is 20.1. The first-order valence-corrected chi connectivity index (χ1v) is 13.6. The van der Waals surface area contributed by atoms with Gasteiger partial charge in [0.15, 0.2) is 9.84 Å². The van der Waals surface area contributed by atoms with Crippen molar-refractivity contribution in [2.24, 2.45) is 5.41 Å². The molecule has 0 radical (unpaired) electrons. The molecule has 1 unspecified atom stereocenters. The Balaban J connectivity index is 1.64. The lowest BCUT2D eigenvalue weighted by atomic mass is 9.86. The van der Waals surface area contributed by atoms with Gasteiger partial charge in [0.05, 0.1) is 29.6 Å². The number of hydrogen-bond acceptors (Lipinski definition) is 8. The van der Waals surface area contributed by atoms with E-state index in [1.165, 1.54) is 0 Å².